The minimum Gasteiger partial charge on any atom is -0.312 e. The molecule has 6 heteroatoms. The lowest BCUT2D eigenvalue weighted by atomic mass is 10.0. The number of sulfonamides is 1. The van der Waals surface area contributed by atoms with E-state index >= 15 is 0 Å². The largest absolute Gasteiger partial charge is 0.312 e. The number of benzene rings is 1. The summed E-state index contributed by atoms with van der Waals surface area (Å²) in [7, 11) is -3.53. The molecule has 1 aliphatic rings. The summed E-state index contributed by atoms with van der Waals surface area (Å²) in [5, 5.41) is 0. The van der Waals surface area contributed by atoms with E-state index in [1.54, 1.807) is 23.1 Å². The summed E-state index contributed by atoms with van der Waals surface area (Å²) in [6.07, 6.45) is 1.65. The number of anilines is 1. The highest BCUT2D eigenvalue weighted by Gasteiger charge is 2.24. The van der Waals surface area contributed by atoms with Gasteiger partial charge < -0.3 is 4.90 Å². The second kappa shape index (κ2) is 6.38. The summed E-state index contributed by atoms with van der Waals surface area (Å²) >= 11 is 0. The molecule has 1 heterocycles. The molecule has 1 aliphatic heterocycles. The molecule has 0 bridgehead atoms. The minimum absolute atomic E-state index is 0.0110. The van der Waals surface area contributed by atoms with Crippen molar-refractivity contribution in [2.45, 2.75) is 51.5 Å². The zero-order valence-electron chi connectivity index (χ0n) is 13.6. The highest BCUT2D eigenvalue weighted by Crippen LogP contribution is 2.29. The first kappa shape index (κ1) is 17.0. The number of amides is 1. The van der Waals surface area contributed by atoms with Crippen molar-refractivity contribution in [2.24, 2.45) is 5.92 Å². The van der Waals surface area contributed by atoms with Crippen molar-refractivity contribution in [3.8, 4) is 0 Å². The van der Waals surface area contributed by atoms with Crippen molar-refractivity contribution in [1.82, 2.24) is 4.72 Å². The van der Waals surface area contributed by atoms with Crippen LogP contribution in [0.4, 0.5) is 5.69 Å². The van der Waals surface area contributed by atoms with Gasteiger partial charge in [-0.3, -0.25) is 4.79 Å². The van der Waals surface area contributed by atoms with E-state index in [1.165, 1.54) is 6.92 Å². The van der Waals surface area contributed by atoms with E-state index < -0.39 is 10.0 Å². The second-order valence-corrected chi connectivity index (χ2v) is 7.93. The van der Waals surface area contributed by atoms with Gasteiger partial charge >= 0.3 is 0 Å². The van der Waals surface area contributed by atoms with Gasteiger partial charge in [-0.15, -0.1) is 0 Å². The molecule has 2 rings (SSSR count). The molecule has 0 unspecified atom stereocenters. The zero-order chi connectivity index (χ0) is 16.5. The van der Waals surface area contributed by atoms with Crippen molar-refractivity contribution < 1.29 is 13.2 Å². The third kappa shape index (κ3) is 3.50. The lowest BCUT2D eigenvalue weighted by Gasteiger charge is -2.29. The topological polar surface area (TPSA) is 66.5 Å². The average Bonchev–Trinajstić information content (AvgIpc) is 2.45. The standard InChI is InChI=1S/C16H24N2O3S/c1-11(2)12(3)17-22(20,21)15-7-8-16-14(10-15)6-5-9-18(16)13(4)19/h7-8,10-12,17H,5-6,9H2,1-4H3/t12-/m1/s1. The van der Waals surface area contributed by atoms with Crippen LogP contribution in [0.15, 0.2) is 23.1 Å². The predicted octanol–water partition coefficient (Wildman–Crippen LogP) is 2.31. The van der Waals surface area contributed by atoms with E-state index in [0.29, 0.717) is 6.54 Å². The number of hydrogen-bond donors (Lipinski definition) is 1. The van der Waals surface area contributed by atoms with Crippen LogP contribution in [0, 0.1) is 5.92 Å². The van der Waals surface area contributed by atoms with Crippen LogP contribution in [0.3, 0.4) is 0 Å². The van der Waals surface area contributed by atoms with Crippen LogP contribution in [0.25, 0.3) is 0 Å². The van der Waals surface area contributed by atoms with Gasteiger partial charge in [0.25, 0.3) is 0 Å². The maximum atomic E-state index is 12.5. The minimum atomic E-state index is -3.53. The Hall–Kier alpha value is -1.40. The number of nitrogens with one attached hydrogen (secondary N) is 1. The lowest BCUT2D eigenvalue weighted by Crippen LogP contribution is -2.36. The molecule has 1 aromatic rings. The van der Waals surface area contributed by atoms with Crippen molar-refractivity contribution in [3.05, 3.63) is 23.8 Å². The van der Waals surface area contributed by atoms with E-state index in [0.717, 1.165) is 24.1 Å². The Morgan fingerprint density at radius 1 is 1.27 bits per heavy atom. The van der Waals surface area contributed by atoms with Gasteiger partial charge in [-0.2, -0.15) is 0 Å². The van der Waals surface area contributed by atoms with Crippen LogP contribution in [0.2, 0.25) is 0 Å². The third-order valence-electron chi connectivity index (χ3n) is 4.20. The quantitative estimate of drug-likeness (QED) is 0.924. The number of carbonyl (C=O) groups is 1. The molecule has 122 valence electrons. The molecule has 5 nitrogen and oxygen atoms in total. The van der Waals surface area contributed by atoms with Crippen LogP contribution < -0.4 is 9.62 Å². The number of fused-ring (bicyclic) bond motifs is 1. The molecule has 1 aromatic carbocycles. The highest BCUT2D eigenvalue weighted by atomic mass is 32.2. The first-order chi connectivity index (χ1) is 10.2. The Morgan fingerprint density at radius 2 is 1.95 bits per heavy atom. The molecule has 22 heavy (non-hydrogen) atoms. The van der Waals surface area contributed by atoms with Gasteiger partial charge in [0.05, 0.1) is 4.90 Å². The first-order valence-electron chi connectivity index (χ1n) is 7.65. The Balaban J connectivity index is 2.33. The van der Waals surface area contributed by atoms with Crippen LogP contribution in [0.5, 0.6) is 0 Å². The van der Waals surface area contributed by atoms with Crippen LogP contribution in [-0.4, -0.2) is 26.9 Å². The maximum Gasteiger partial charge on any atom is 0.240 e. The van der Waals surface area contributed by atoms with Gasteiger partial charge in [-0.1, -0.05) is 13.8 Å². The highest BCUT2D eigenvalue weighted by molar-refractivity contribution is 7.89. The Kier molecular flexibility index (Phi) is 4.92. The summed E-state index contributed by atoms with van der Waals surface area (Å²) in [5.74, 6) is 0.212. The molecule has 0 aromatic heterocycles. The lowest BCUT2D eigenvalue weighted by molar-refractivity contribution is -0.116. The van der Waals surface area contributed by atoms with Crippen molar-refractivity contribution >= 4 is 21.6 Å². The molecule has 1 atom stereocenters. The van der Waals surface area contributed by atoms with Gasteiger partial charge in [0, 0.05) is 25.2 Å². The third-order valence-corrected chi connectivity index (χ3v) is 5.76. The SMILES string of the molecule is CC(=O)N1CCCc2cc(S(=O)(=O)N[C@H](C)C(C)C)ccc21. The van der Waals surface area contributed by atoms with Gasteiger partial charge in [-0.05, 0) is 49.4 Å². The van der Waals surface area contributed by atoms with Crippen LogP contribution in [0.1, 0.15) is 39.7 Å². The molecule has 0 fully saturated rings. The molecule has 0 saturated carbocycles. The fourth-order valence-corrected chi connectivity index (χ4v) is 3.96. The number of hydrogen-bond acceptors (Lipinski definition) is 3. The Labute approximate surface area is 132 Å². The second-order valence-electron chi connectivity index (χ2n) is 6.22. The number of aryl methyl sites for hydroxylation is 1. The molecule has 0 aliphatic carbocycles. The van der Waals surface area contributed by atoms with Crippen LogP contribution >= 0.6 is 0 Å². The molecular formula is C16H24N2O3S. The molecule has 0 radical (unpaired) electrons. The Morgan fingerprint density at radius 3 is 2.55 bits per heavy atom. The smallest absolute Gasteiger partial charge is 0.240 e. The predicted molar refractivity (Wildman–Crippen MR) is 87.4 cm³/mol. The normalized spacial score (nSPS) is 16.5. The van der Waals surface area contributed by atoms with Gasteiger partial charge in [-0.25, -0.2) is 13.1 Å². The van der Waals surface area contributed by atoms with Gasteiger partial charge in [0.1, 0.15) is 0 Å². The van der Waals surface area contributed by atoms with Crippen LogP contribution in [-0.2, 0) is 21.2 Å². The molecule has 1 amide bonds. The number of carbonyl (C=O) groups excluding carboxylic acids is 1. The van der Waals surface area contributed by atoms with E-state index in [-0.39, 0.29) is 22.8 Å². The summed E-state index contributed by atoms with van der Waals surface area (Å²) in [4.78, 5) is 13.6. The first-order valence-corrected chi connectivity index (χ1v) is 9.14. The summed E-state index contributed by atoms with van der Waals surface area (Å²) < 4.78 is 27.6. The molecule has 1 N–H and O–H groups in total. The van der Waals surface area contributed by atoms with Crippen molar-refractivity contribution in [3.63, 3.8) is 0 Å². The van der Waals surface area contributed by atoms with E-state index in [4.69, 9.17) is 0 Å². The van der Waals surface area contributed by atoms with E-state index in [2.05, 4.69) is 4.72 Å². The Bertz CT molecular complexity index is 668. The van der Waals surface area contributed by atoms with Gasteiger partial charge in [0.2, 0.25) is 15.9 Å². The summed E-state index contributed by atoms with van der Waals surface area (Å²) in [6, 6.07) is 4.88. The summed E-state index contributed by atoms with van der Waals surface area (Å²) in [5.41, 5.74) is 1.75. The summed E-state index contributed by atoms with van der Waals surface area (Å²) in [6.45, 7) is 8.04. The maximum absolute atomic E-state index is 12.5. The molecule has 0 saturated heterocycles. The van der Waals surface area contributed by atoms with E-state index in [1.807, 2.05) is 20.8 Å². The number of rotatable bonds is 4. The fraction of sp³-hybridized carbons (Fsp3) is 0.562. The average molecular weight is 324 g/mol. The van der Waals surface area contributed by atoms with Crippen molar-refractivity contribution in [2.75, 3.05) is 11.4 Å². The van der Waals surface area contributed by atoms with E-state index in [9.17, 15) is 13.2 Å². The van der Waals surface area contributed by atoms with Crippen molar-refractivity contribution in [1.29, 1.82) is 0 Å². The molecular weight excluding hydrogens is 300 g/mol. The fourth-order valence-electron chi connectivity index (χ4n) is 2.52. The molecule has 0 spiro atoms. The van der Waals surface area contributed by atoms with Gasteiger partial charge in [0.15, 0.2) is 0 Å². The monoisotopic (exact) mass is 324 g/mol. The zero-order valence-corrected chi connectivity index (χ0v) is 14.4. The number of nitrogens with zero attached hydrogens (tertiary/aromatic N) is 1.